The number of nitrogens with zero attached hydrogens (tertiary/aromatic N) is 4. The molecule has 6 nitrogen and oxygen atoms in total. The van der Waals surface area contributed by atoms with E-state index in [-0.39, 0.29) is 5.91 Å². The highest BCUT2D eigenvalue weighted by molar-refractivity contribution is 6.36. The summed E-state index contributed by atoms with van der Waals surface area (Å²) in [5.74, 6) is 0.188. The monoisotopic (exact) mass is 487 g/mol. The van der Waals surface area contributed by atoms with Crippen LogP contribution in [0.15, 0.2) is 54.7 Å². The largest absolute Gasteiger partial charge is 0.305 e. The molecule has 2 aromatic carbocycles. The van der Waals surface area contributed by atoms with Gasteiger partial charge in [-0.1, -0.05) is 53.0 Å². The Labute approximate surface area is 200 Å². The maximum absolute atomic E-state index is 12.8. The molecule has 0 radical (unpaired) electrons. The Morgan fingerprint density at radius 1 is 0.969 bits per heavy atom. The van der Waals surface area contributed by atoms with Crippen molar-refractivity contribution in [1.29, 1.82) is 0 Å². The van der Waals surface area contributed by atoms with Gasteiger partial charge in [-0.15, -0.1) is 0 Å². The Kier molecular flexibility index (Phi) is 6.55. The third-order valence-corrected chi connectivity index (χ3v) is 6.33. The highest BCUT2D eigenvalue weighted by Crippen LogP contribution is 2.25. The number of anilines is 1. The third kappa shape index (κ3) is 4.83. The Bertz CT molecular complexity index is 1270. The lowest BCUT2D eigenvalue weighted by molar-refractivity contribution is 0.102. The first-order valence-corrected chi connectivity index (χ1v) is 11.0. The Morgan fingerprint density at radius 2 is 1.69 bits per heavy atom. The minimum Gasteiger partial charge on any atom is -0.305 e. The predicted octanol–water partition coefficient (Wildman–Crippen LogP) is 6.01. The zero-order chi connectivity index (χ0) is 22.8. The van der Waals surface area contributed by atoms with Crippen LogP contribution in [0.4, 0.5) is 5.82 Å². The summed E-state index contributed by atoms with van der Waals surface area (Å²) in [6.07, 6.45) is 1.76. The molecule has 2 heterocycles. The van der Waals surface area contributed by atoms with E-state index < -0.39 is 0 Å². The summed E-state index contributed by atoms with van der Waals surface area (Å²) in [5, 5.41) is 13.5. The maximum Gasteiger partial charge on any atom is 0.256 e. The molecule has 0 fully saturated rings. The highest BCUT2D eigenvalue weighted by atomic mass is 35.5. The molecule has 0 aliphatic rings. The molecule has 0 aliphatic carbocycles. The minimum absolute atomic E-state index is 0.251. The second-order valence-corrected chi connectivity index (χ2v) is 8.59. The third-order valence-electron chi connectivity index (χ3n) is 5.08. The standard InChI is InChI=1S/C23H20Cl3N5O/c1-14-22(26)15(2)31(28-14)12-16-5-3-6-17(11-16)23(32)27-21-9-10-30(29-21)13-18-19(24)7-4-8-20(18)25/h3-11H,12-13H2,1-2H3,(H,27,29,32). The van der Waals surface area contributed by atoms with Crippen molar-refractivity contribution in [3.63, 3.8) is 0 Å². The van der Waals surface area contributed by atoms with Crippen molar-refractivity contribution in [1.82, 2.24) is 19.6 Å². The first-order chi connectivity index (χ1) is 15.3. The maximum atomic E-state index is 12.8. The molecule has 0 saturated heterocycles. The molecule has 0 saturated carbocycles. The van der Waals surface area contributed by atoms with Gasteiger partial charge in [0.1, 0.15) is 0 Å². The van der Waals surface area contributed by atoms with E-state index in [1.165, 1.54) is 0 Å². The average molecular weight is 489 g/mol. The van der Waals surface area contributed by atoms with Crippen molar-refractivity contribution in [3.05, 3.63) is 97.9 Å². The summed E-state index contributed by atoms with van der Waals surface area (Å²) in [6, 6.07) is 14.5. The van der Waals surface area contributed by atoms with Crippen LogP contribution in [0.2, 0.25) is 15.1 Å². The van der Waals surface area contributed by atoms with Crippen LogP contribution < -0.4 is 5.32 Å². The van der Waals surface area contributed by atoms with Crippen LogP contribution in [0, 0.1) is 13.8 Å². The first-order valence-electron chi connectivity index (χ1n) is 9.88. The number of hydrogen-bond donors (Lipinski definition) is 1. The van der Waals surface area contributed by atoms with Crippen molar-refractivity contribution >= 4 is 46.5 Å². The summed E-state index contributed by atoms with van der Waals surface area (Å²) in [6.45, 7) is 4.71. The van der Waals surface area contributed by atoms with Crippen LogP contribution in [0.25, 0.3) is 0 Å². The second kappa shape index (κ2) is 9.36. The number of aryl methyl sites for hydroxylation is 1. The lowest BCUT2D eigenvalue weighted by atomic mass is 10.1. The first kappa shape index (κ1) is 22.4. The number of amides is 1. The normalized spacial score (nSPS) is 11.0. The average Bonchev–Trinajstić information content (AvgIpc) is 3.30. The number of aromatic nitrogens is 4. The molecule has 9 heteroatoms. The molecule has 164 valence electrons. The van der Waals surface area contributed by atoms with E-state index in [1.54, 1.807) is 41.2 Å². The smallest absolute Gasteiger partial charge is 0.256 e. The summed E-state index contributed by atoms with van der Waals surface area (Å²) >= 11 is 18.7. The summed E-state index contributed by atoms with van der Waals surface area (Å²) in [7, 11) is 0. The van der Waals surface area contributed by atoms with Crippen LogP contribution >= 0.6 is 34.8 Å². The van der Waals surface area contributed by atoms with Crippen molar-refractivity contribution < 1.29 is 4.79 Å². The Balaban J connectivity index is 1.45. The molecule has 0 bridgehead atoms. The van der Waals surface area contributed by atoms with E-state index in [1.807, 2.05) is 36.7 Å². The van der Waals surface area contributed by atoms with E-state index in [4.69, 9.17) is 34.8 Å². The van der Waals surface area contributed by atoms with Gasteiger partial charge in [0, 0.05) is 33.4 Å². The van der Waals surface area contributed by atoms with Crippen LogP contribution in [-0.4, -0.2) is 25.5 Å². The van der Waals surface area contributed by atoms with Crippen LogP contribution in [0.5, 0.6) is 0 Å². The topological polar surface area (TPSA) is 64.7 Å². The lowest BCUT2D eigenvalue weighted by Gasteiger charge is -2.08. The van der Waals surface area contributed by atoms with Crippen LogP contribution in [-0.2, 0) is 13.1 Å². The van der Waals surface area contributed by atoms with Gasteiger partial charge in [-0.2, -0.15) is 10.2 Å². The van der Waals surface area contributed by atoms with Gasteiger partial charge in [0.15, 0.2) is 5.82 Å². The van der Waals surface area contributed by atoms with Gasteiger partial charge in [-0.25, -0.2) is 0 Å². The van der Waals surface area contributed by atoms with Gasteiger partial charge < -0.3 is 5.32 Å². The fourth-order valence-electron chi connectivity index (χ4n) is 3.36. The van der Waals surface area contributed by atoms with Gasteiger partial charge in [0.05, 0.1) is 29.5 Å². The summed E-state index contributed by atoms with van der Waals surface area (Å²) in [5.41, 5.74) is 3.92. The second-order valence-electron chi connectivity index (χ2n) is 7.40. The molecule has 0 aliphatic heterocycles. The minimum atomic E-state index is -0.251. The molecule has 1 amide bonds. The number of carbonyl (C=O) groups excluding carboxylic acids is 1. The quantitative estimate of drug-likeness (QED) is 0.362. The number of carbonyl (C=O) groups is 1. The van der Waals surface area contributed by atoms with Crippen LogP contribution in [0.1, 0.15) is 32.9 Å². The Morgan fingerprint density at radius 3 is 2.38 bits per heavy atom. The molecule has 2 aromatic heterocycles. The van der Waals surface area contributed by atoms with Gasteiger partial charge >= 0.3 is 0 Å². The number of benzene rings is 2. The molecule has 32 heavy (non-hydrogen) atoms. The molecule has 4 rings (SSSR count). The fraction of sp³-hybridized carbons (Fsp3) is 0.174. The van der Waals surface area contributed by atoms with Gasteiger partial charge in [0.25, 0.3) is 5.91 Å². The molecule has 1 N–H and O–H groups in total. The summed E-state index contributed by atoms with van der Waals surface area (Å²) in [4.78, 5) is 12.8. The highest BCUT2D eigenvalue weighted by Gasteiger charge is 2.13. The van der Waals surface area contributed by atoms with Crippen molar-refractivity contribution in [2.75, 3.05) is 5.32 Å². The molecule has 0 unspecified atom stereocenters. The van der Waals surface area contributed by atoms with Gasteiger partial charge in [0.2, 0.25) is 0 Å². The molecular weight excluding hydrogens is 469 g/mol. The van der Waals surface area contributed by atoms with Crippen molar-refractivity contribution in [3.8, 4) is 0 Å². The number of rotatable bonds is 6. The zero-order valence-corrected chi connectivity index (χ0v) is 19.7. The van der Waals surface area contributed by atoms with Gasteiger partial charge in [-0.05, 0) is 43.7 Å². The molecule has 0 atom stereocenters. The van der Waals surface area contributed by atoms with E-state index >= 15 is 0 Å². The Hall–Kier alpha value is -2.80. The number of nitrogens with one attached hydrogen (secondary N) is 1. The molecular formula is C23H20Cl3N5O. The summed E-state index contributed by atoms with van der Waals surface area (Å²) < 4.78 is 3.50. The van der Waals surface area contributed by atoms with E-state index in [2.05, 4.69) is 15.5 Å². The number of hydrogen-bond acceptors (Lipinski definition) is 3. The number of halogens is 3. The van der Waals surface area contributed by atoms with Gasteiger partial charge in [-0.3, -0.25) is 14.2 Å². The van der Waals surface area contributed by atoms with E-state index in [9.17, 15) is 4.79 Å². The van der Waals surface area contributed by atoms with E-state index in [0.717, 1.165) is 22.5 Å². The molecule has 0 spiro atoms. The van der Waals surface area contributed by atoms with Crippen LogP contribution in [0.3, 0.4) is 0 Å². The molecule has 4 aromatic rings. The zero-order valence-electron chi connectivity index (χ0n) is 17.4. The SMILES string of the molecule is Cc1nn(Cc2cccc(C(=O)Nc3ccn(Cc4c(Cl)cccc4Cl)n3)c2)c(C)c1Cl. The predicted molar refractivity (Wildman–Crippen MR) is 128 cm³/mol. The van der Waals surface area contributed by atoms with Crippen molar-refractivity contribution in [2.45, 2.75) is 26.9 Å². The van der Waals surface area contributed by atoms with Crippen molar-refractivity contribution in [2.24, 2.45) is 0 Å². The van der Waals surface area contributed by atoms with E-state index in [0.29, 0.717) is 39.5 Å². The lowest BCUT2D eigenvalue weighted by Crippen LogP contribution is -2.14. The fourth-order valence-corrected chi connectivity index (χ4v) is 4.02.